The normalized spacial score (nSPS) is 16.0. The lowest BCUT2D eigenvalue weighted by molar-refractivity contribution is 0.168. The molecule has 1 aromatic rings. The monoisotopic (exact) mass is 320 g/mol. The number of ether oxygens (including phenoxy) is 1. The molecular formula is C16H24N4O3. The van der Waals surface area contributed by atoms with E-state index >= 15 is 0 Å². The molecule has 0 unspecified atom stereocenters. The van der Waals surface area contributed by atoms with Gasteiger partial charge in [-0.15, -0.1) is 0 Å². The van der Waals surface area contributed by atoms with Gasteiger partial charge in [0, 0.05) is 18.5 Å². The van der Waals surface area contributed by atoms with Crippen LogP contribution in [0.3, 0.4) is 0 Å². The Bertz CT molecular complexity index is 542. The molecule has 0 saturated carbocycles. The van der Waals surface area contributed by atoms with Gasteiger partial charge in [-0.2, -0.15) is 0 Å². The summed E-state index contributed by atoms with van der Waals surface area (Å²) in [5.41, 5.74) is 2.06. The highest BCUT2D eigenvalue weighted by Crippen LogP contribution is 2.18. The topological polar surface area (TPSA) is 84.8 Å². The lowest BCUT2D eigenvalue weighted by Crippen LogP contribution is -2.32. The van der Waals surface area contributed by atoms with Crippen LogP contribution in [0.2, 0.25) is 0 Å². The summed E-state index contributed by atoms with van der Waals surface area (Å²) in [5, 5.41) is 10.2. The fourth-order valence-corrected chi connectivity index (χ4v) is 2.66. The van der Waals surface area contributed by atoms with Gasteiger partial charge in [-0.3, -0.25) is 5.32 Å². The van der Waals surface area contributed by atoms with Gasteiger partial charge >= 0.3 is 6.09 Å². The second kappa shape index (κ2) is 9.09. The van der Waals surface area contributed by atoms with Crippen molar-refractivity contribution < 1.29 is 14.4 Å². The third-order valence-corrected chi connectivity index (χ3v) is 3.73. The number of oxime groups is 1. The molecule has 1 aliphatic rings. The number of carbonyl (C=O) groups excluding carboxylic acids is 1. The Kier molecular flexibility index (Phi) is 6.80. The fourth-order valence-electron chi connectivity index (χ4n) is 2.66. The van der Waals surface area contributed by atoms with Crippen LogP contribution in [0.4, 0.5) is 10.6 Å². The lowest BCUT2D eigenvalue weighted by Gasteiger charge is -2.23. The van der Waals surface area contributed by atoms with Crippen LogP contribution in [0.5, 0.6) is 0 Å². The van der Waals surface area contributed by atoms with Crippen molar-refractivity contribution in [2.24, 2.45) is 11.1 Å². The summed E-state index contributed by atoms with van der Waals surface area (Å²) in [6.07, 6.45) is 3.96. The second-order valence-electron chi connectivity index (χ2n) is 5.36. The van der Waals surface area contributed by atoms with E-state index in [4.69, 9.17) is 9.57 Å². The first kappa shape index (κ1) is 17.2. The van der Waals surface area contributed by atoms with Gasteiger partial charge in [-0.05, 0) is 50.6 Å². The van der Waals surface area contributed by atoms with Gasteiger partial charge in [0.05, 0.1) is 12.3 Å². The Hall–Kier alpha value is -2.15. The molecule has 126 valence electrons. The number of pyridine rings is 1. The van der Waals surface area contributed by atoms with E-state index in [1.807, 2.05) is 12.1 Å². The van der Waals surface area contributed by atoms with Crippen LogP contribution in [0.15, 0.2) is 23.5 Å². The third kappa shape index (κ3) is 5.52. The molecule has 2 N–H and O–H groups in total. The van der Waals surface area contributed by atoms with Crippen molar-refractivity contribution in [2.45, 2.75) is 26.2 Å². The molecule has 1 aliphatic heterocycles. The maximum absolute atomic E-state index is 11.5. The average molecular weight is 320 g/mol. The maximum atomic E-state index is 11.5. The molecule has 1 fully saturated rings. The Morgan fingerprint density at radius 1 is 1.48 bits per heavy atom. The van der Waals surface area contributed by atoms with Crippen LogP contribution in [0.25, 0.3) is 0 Å². The van der Waals surface area contributed by atoms with E-state index in [1.165, 1.54) is 0 Å². The zero-order chi connectivity index (χ0) is 16.5. The highest BCUT2D eigenvalue weighted by Gasteiger charge is 2.20. The van der Waals surface area contributed by atoms with E-state index in [9.17, 15) is 4.79 Å². The number of amides is 1. The Balaban J connectivity index is 2.04. The van der Waals surface area contributed by atoms with Gasteiger partial charge in [0.2, 0.25) is 0 Å². The molecule has 0 radical (unpaired) electrons. The number of hydrogen-bond acceptors (Lipinski definition) is 6. The molecule has 0 aliphatic carbocycles. The van der Waals surface area contributed by atoms with Crippen molar-refractivity contribution in [2.75, 3.05) is 32.1 Å². The second-order valence-corrected chi connectivity index (χ2v) is 5.36. The van der Waals surface area contributed by atoms with Crippen LogP contribution in [-0.2, 0) is 16.0 Å². The van der Waals surface area contributed by atoms with Crippen molar-refractivity contribution in [3.05, 3.63) is 23.9 Å². The molecule has 0 bridgehead atoms. The molecule has 23 heavy (non-hydrogen) atoms. The van der Waals surface area contributed by atoms with Crippen LogP contribution in [0, 0.1) is 5.92 Å². The number of carbonyl (C=O) groups is 1. The van der Waals surface area contributed by atoms with Crippen molar-refractivity contribution in [1.29, 1.82) is 0 Å². The minimum Gasteiger partial charge on any atom is -0.450 e. The SMILES string of the molecule is CCOC(=O)Nc1cc(CC(=NOC)C2CCNCC2)ccn1. The molecule has 0 aromatic carbocycles. The Morgan fingerprint density at radius 3 is 2.96 bits per heavy atom. The minimum absolute atomic E-state index is 0.325. The molecular weight excluding hydrogens is 296 g/mol. The summed E-state index contributed by atoms with van der Waals surface area (Å²) >= 11 is 0. The van der Waals surface area contributed by atoms with E-state index in [0.29, 0.717) is 24.8 Å². The first-order chi connectivity index (χ1) is 11.2. The van der Waals surface area contributed by atoms with Gasteiger partial charge in [-0.1, -0.05) is 5.16 Å². The van der Waals surface area contributed by atoms with E-state index in [-0.39, 0.29) is 0 Å². The van der Waals surface area contributed by atoms with Crippen LogP contribution < -0.4 is 10.6 Å². The summed E-state index contributed by atoms with van der Waals surface area (Å²) < 4.78 is 4.86. The molecule has 1 saturated heterocycles. The zero-order valence-electron chi connectivity index (χ0n) is 13.7. The molecule has 1 amide bonds. The van der Waals surface area contributed by atoms with Crippen LogP contribution in [-0.4, -0.2) is 43.6 Å². The van der Waals surface area contributed by atoms with E-state index < -0.39 is 6.09 Å². The van der Waals surface area contributed by atoms with Gasteiger partial charge in [0.25, 0.3) is 0 Å². The van der Waals surface area contributed by atoms with Gasteiger partial charge in [-0.25, -0.2) is 9.78 Å². The summed E-state index contributed by atoms with van der Waals surface area (Å²) in [6, 6.07) is 3.76. The largest absolute Gasteiger partial charge is 0.450 e. The zero-order valence-corrected chi connectivity index (χ0v) is 13.7. The fraction of sp³-hybridized carbons (Fsp3) is 0.562. The quantitative estimate of drug-likeness (QED) is 0.620. The summed E-state index contributed by atoms with van der Waals surface area (Å²) in [6.45, 7) is 4.08. The highest BCUT2D eigenvalue weighted by atomic mass is 16.6. The van der Waals surface area contributed by atoms with Crippen molar-refractivity contribution >= 4 is 17.6 Å². The lowest BCUT2D eigenvalue weighted by atomic mass is 9.89. The smallest absolute Gasteiger partial charge is 0.412 e. The number of rotatable bonds is 6. The van der Waals surface area contributed by atoms with Crippen LogP contribution >= 0.6 is 0 Å². The van der Waals surface area contributed by atoms with E-state index in [1.54, 1.807) is 20.2 Å². The van der Waals surface area contributed by atoms with Gasteiger partial charge < -0.3 is 14.9 Å². The molecule has 1 aromatic heterocycles. The number of piperidine rings is 1. The Labute approximate surface area is 136 Å². The van der Waals surface area contributed by atoms with Gasteiger partial charge in [0.15, 0.2) is 0 Å². The predicted octanol–water partition coefficient (Wildman–Crippen LogP) is 2.19. The third-order valence-electron chi connectivity index (χ3n) is 3.73. The number of aromatic nitrogens is 1. The number of hydrogen-bond donors (Lipinski definition) is 2. The molecule has 2 heterocycles. The summed E-state index contributed by atoms with van der Waals surface area (Å²) in [5.74, 6) is 0.897. The summed E-state index contributed by atoms with van der Waals surface area (Å²) in [4.78, 5) is 20.6. The van der Waals surface area contributed by atoms with Crippen LogP contribution in [0.1, 0.15) is 25.3 Å². The van der Waals surface area contributed by atoms with Gasteiger partial charge in [0.1, 0.15) is 12.9 Å². The first-order valence-corrected chi connectivity index (χ1v) is 7.92. The van der Waals surface area contributed by atoms with Crippen molar-refractivity contribution in [3.63, 3.8) is 0 Å². The molecule has 2 rings (SSSR count). The molecule has 7 nitrogen and oxygen atoms in total. The predicted molar refractivity (Wildman–Crippen MR) is 88.6 cm³/mol. The summed E-state index contributed by atoms with van der Waals surface area (Å²) in [7, 11) is 1.57. The maximum Gasteiger partial charge on any atom is 0.412 e. The van der Waals surface area contributed by atoms with Crippen molar-refractivity contribution in [3.8, 4) is 0 Å². The number of anilines is 1. The number of nitrogens with one attached hydrogen (secondary N) is 2. The molecule has 0 atom stereocenters. The Morgan fingerprint density at radius 2 is 2.26 bits per heavy atom. The van der Waals surface area contributed by atoms with E-state index in [0.717, 1.165) is 37.2 Å². The average Bonchev–Trinajstić information content (AvgIpc) is 2.56. The molecule has 0 spiro atoms. The standard InChI is InChI=1S/C16H24N4O3/c1-3-23-16(21)19-15-11-12(4-9-18-15)10-14(20-22-2)13-5-7-17-8-6-13/h4,9,11,13,17H,3,5-8,10H2,1-2H3,(H,18,19,21). The minimum atomic E-state index is -0.499. The first-order valence-electron chi connectivity index (χ1n) is 7.92. The number of nitrogens with zero attached hydrogens (tertiary/aromatic N) is 2. The van der Waals surface area contributed by atoms with E-state index in [2.05, 4.69) is 20.8 Å². The molecule has 7 heteroatoms. The highest BCUT2D eigenvalue weighted by molar-refractivity contribution is 5.89. The van der Waals surface area contributed by atoms with Crippen molar-refractivity contribution in [1.82, 2.24) is 10.3 Å².